The maximum atomic E-state index is 13.0. The van der Waals surface area contributed by atoms with Gasteiger partial charge in [0.1, 0.15) is 24.4 Å². The van der Waals surface area contributed by atoms with Gasteiger partial charge in [-0.1, -0.05) is 256 Å². The van der Waals surface area contributed by atoms with Gasteiger partial charge in [0.05, 0.1) is 25.4 Å². The molecule has 1 saturated heterocycles. The lowest BCUT2D eigenvalue weighted by Crippen LogP contribution is -2.60. The summed E-state index contributed by atoms with van der Waals surface area (Å²) in [5.74, 6) is -0.141. The van der Waals surface area contributed by atoms with E-state index in [4.69, 9.17) is 9.47 Å². The average molecular weight is 951 g/mol. The van der Waals surface area contributed by atoms with Crippen LogP contribution in [-0.4, -0.2) is 87.5 Å². The van der Waals surface area contributed by atoms with E-state index in [9.17, 15) is 30.3 Å². The van der Waals surface area contributed by atoms with Crippen LogP contribution in [0.2, 0.25) is 0 Å². The van der Waals surface area contributed by atoms with Gasteiger partial charge in [0.15, 0.2) is 6.29 Å². The highest BCUT2D eigenvalue weighted by molar-refractivity contribution is 5.76. The van der Waals surface area contributed by atoms with Crippen molar-refractivity contribution in [3.8, 4) is 0 Å². The van der Waals surface area contributed by atoms with Crippen LogP contribution in [0.1, 0.15) is 284 Å². The zero-order chi connectivity index (χ0) is 48.7. The second-order valence-electron chi connectivity index (χ2n) is 20.4. The largest absolute Gasteiger partial charge is 0.394 e. The van der Waals surface area contributed by atoms with E-state index in [1.54, 1.807) is 0 Å². The summed E-state index contributed by atoms with van der Waals surface area (Å²) in [6, 6.07) is -0.716. The van der Waals surface area contributed by atoms with Crippen molar-refractivity contribution < 1.29 is 39.8 Å². The standard InChI is InChI=1S/C58H111NO8/c1-3-5-7-9-11-13-15-17-18-19-20-21-22-23-24-25-26-27-28-29-30-31-32-33-34-36-38-40-42-44-46-48-54(62)59-51(50-66-58-57(65)56(64)55(63)53(49-60)67-58)52(61)47-45-43-41-39-37-35-16-14-12-10-8-6-4-2/h20-21,23-24,51-53,55-58,60-61,63-65H,3-19,22,25-50H2,1-2H3,(H,59,62)/b21-20-,24-23-. The molecule has 9 heteroatoms. The van der Waals surface area contributed by atoms with E-state index in [0.717, 1.165) is 44.9 Å². The third kappa shape index (κ3) is 38.1. The molecule has 0 aromatic carbocycles. The number of rotatable bonds is 50. The van der Waals surface area contributed by atoms with E-state index in [2.05, 4.69) is 43.5 Å². The fourth-order valence-corrected chi connectivity index (χ4v) is 9.43. The first kappa shape index (κ1) is 63.7. The minimum Gasteiger partial charge on any atom is -0.394 e. The molecule has 1 fully saturated rings. The lowest BCUT2D eigenvalue weighted by Gasteiger charge is -2.40. The van der Waals surface area contributed by atoms with Gasteiger partial charge in [-0.25, -0.2) is 0 Å². The molecule has 0 spiro atoms. The highest BCUT2D eigenvalue weighted by Gasteiger charge is 2.44. The zero-order valence-corrected chi connectivity index (χ0v) is 43.9. The van der Waals surface area contributed by atoms with E-state index in [-0.39, 0.29) is 12.5 Å². The Morgan fingerprint density at radius 2 is 0.881 bits per heavy atom. The van der Waals surface area contributed by atoms with Crippen molar-refractivity contribution in [1.29, 1.82) is 0 Å². The number of nitrogens with one attached hydrogen (secondary N) is 1. The summed E-state index contributed by atoms with van der Waals surface area (Å²) in [4.78, 5) is 13.0. The lowest BCUT2D eigenvalue weighted by atomic mass is 9.99. The summed E-state index contributed by atoms with van der Waals surface area (Å²) in [6.07, 6.45) is 53.6. The SMILES string of the molecule is CCCCCCCCCCC/C=C\C/C=C\CCCCCCCCCCCCCCCCCC(=O)NC(COC1OC(CO)C(O)C(O)C1O)C(O)CCCCCCCCCCCCCCC. The van der Waals surface area contributed by atoms with Gasteiger partial charge in [0, 0.05) is 6.42 Å². The molecule has 0 aromatic rings. The maximum Gasteiger partial charge on any atom is 0.220 e. The van der Waals surface area contributed by atoms with Crippen LogP contribution in [0.4, 0.5) is 0 Å². The second kappa shape index (κ2) is 48.3. The molecule has 6 N–H and O–H groups in total. The lowest BCUT2D eigenvalue weighted by molar-refractivity contribution is -0.302. The molecule has 67 heavy (non-hydrogen) atoms. The molecule has 1 heterocycles. The van der Waals surface area contributed by atoms with Gasteiger partial charge in [0.2, 0.25) is 5.91 Å². The van der Waals surface area contributed by atoms with Crippen LogP contribution < -0.4 is 5.32 Å². The molecular formula is C58H111NO8. The van der Waals surface area contributed by atoms with E-state index < -0.39 is 49.5 Å². The summed E-state index contributed by atoms with van der Waals surface area (Å²) in [5, 5.41) is 54.6. The molecule has 1 aliphatic heterocycles. The zero-order valence-electron chi connectivity index (χ0n) is 43.9. The average Bonchev–Trinajstić information content (AvgIpc) is 3.33. The highest BCUT2D eigenvalue weighted by atomic mass is 16.7. The van der Waals surface area contributed by atoms with Gasteiger partial charge in [-0.15, -0.1) is 0 Å². The van der Waals surface area contributed by atoms with Gasteiger partial charge >= 0.3 is 0 Å². The van der Waals surface area contributed by atoms with Crippen molar-refractivity contribution in [2.24, 2.45) is 0 Å². The smallest absolute Gasteiger partial charge is 0.220 e. The Morgan fingerprint density at radius 3 is 1.28 bits per heavy atom. The Balaban J connectivity index is 2.12. The van der Waals surface area contributed by atoms with Crippen LogP contribution in [0.3, 0.4) is 0 Å². The van der Waals surface area contributed by atoms with Crippen LogP contribution in [-0.2, 0) is 14.3 Å². The van der Waals surface area contributed by atoms with Crippen molar-refractivity contribution in [2.45, 2.75) is 326 Å². The molecule has 0 bridgehead atoms. The van der Waals surface area contributed by atoms with Crippen molar-refractivity contribution in [1.82, 2.24) is 5.32 Å². The molecule has 1 amide bonds. The molecule has 0 aromatic heterocycles. The number of allylic oxidation sites excluding steroid dienone is 4. The van der Waals surface area contributed by atoms with Gasteiger partial charge in [-0.3, -0.25) is 4.79 Å². The fraction of sp³-hybridized carbons (Fsp3) is 0.914. The van der Waals surface area contributed by atoms with Gasteiger partial charge in [-0.05, 0) is 44.9 Å². The molecule has 7 atom stereocenters. The number of aliphatic hydroxyl groups excluding tert-OH is 5. The predicted molar refractivity (Wildman–Crippen MR) is 281 cm³/mol. The normalized spacial score (nSPS) is 19.8. The number of hydrogen-bond acceptors (Lipinski definition) is 8. The van der Waals surface area contributed by atoms with E-state index >= 15 is 0 Å². The third-order valence-electron chi connectivity index (χ3n) is 14.1. The molecule has 9 nitrogen and oxygen atoms in total. The van der Waals surface area contributed by atoms with Crippen LogP contribution >= 0.6 is 0 Å². The van der Waals surface area contributed by atoms with E-state index in [1.807, 2.05) is 0 Å². The Labute approximate surface area is 413 Å². The molecule has 1 aliphatic rings. The van der Waals surface area contributed by atoms with Crippen molar-refractivity contribution in [2.75, 3.05) is 13.2 Å². The van der Waals surface area contributed by atoms with Crippen molar-refractivity contribution in [3.63, 3.8) is 0 Å². The van der Waals surface area contributed by atoms with E-state index in [0.29, 0.717) is 12.8 Å². The monoisotopic (exact) mass is 950 g/mol. The number of amides is 1. The summed E-state index contributed by atoms with van der Waals surface area (Å²) < 4.78 is 11.3. The fourth-order valence-electron chi connectivity index (χ4n) is 9.43. The number of carbonyl (C=O) groups excluding carboxylic acids is 1. The third-order valence-corrected chi connectivity index (χ3v) is 14.1. The topological polar surface area (TPSA) is 149 Å². The second-order valence-corrected chi connectivity index (χ2v) is 20.4. The first-order valence-electron chi connectivity index (χ1n) is 29.0. The maximum absolute atomic E-state index is 13.0. The Morgan fingerprint density at radius 1 is 0.507 bits per heavy atom. The van der Waals surface area contributed by atoms with Crippen molar-refractivity contribution in [3.05, 3.63) is 24.3 Å². The Kier molecular flexibility index (Phi) is 45.9. The summed E-state index contributed by atoms with van der Waals surface area (Å²) in [5.41, 5.74) is 0. The molecule has 7 unspecified atom stereocenters. The van der Waals surface area contributed by atoms with Crippen LogP contribution in [0.25, 0.3) is 0 Å². The van der Waals surface area contributed by atoms with Crippen LogP contribution in [0, 0.1) is 0 Å². The molecule has 396 valence electrons. The first-order chi connectivity index (χ1) is 32.8. The number of unbranched alkanes of at least 4 members (excludes halogenated alkanes) is 36. The van der Waals surface area contributed by atoms with Gasteiger partial charge in [0.25, 0.3) is 0 Å². The van der Waals surface area contributed by atoms with Gasteiger partial charge < -0.3 is 40.3 Å². The molecule has 0 radical (unpaired) electrons. The molecule has 1 rings (SSSR count). The quantitative estimate of drug-likeness (QED) is 0.0261. The summed E-state index contributed by atoms with van der Waals surface area (Å²) in [6.45, 7) is 3.86. The Bertz CT molecular complexity index is 1100. The summed E-state index contributed by atoms with van der Waals surface area (Å²) >= 11 is 0. The van der Waals surface area contributed by atoms with Crippen LogP contribution in [0.15, 0.2) is 24.3 Å². The predicted octanol–water partition coefficient (Wildman–Crippen LogP) is 14.2. The number of carbonyl (C=O) groups is 1. The Hall–Kier alpha value is -1.33. The number of ether oxygens (including phenoxy) is 2. The first-order valence-corrected chi connectivity index (χ1v) is 29.0. The number of hydrogen-bond donors (Lipinski definition) is 6. The summed E-state index contributed by atoms with van der Waals surface area (Å²) in [7, 11) is 0. The molecule has 0 aliphatic carbocycles. The minimum absolute atomic E-state index is 0.135. The van der Waals surface area contributed by atoms with Crippen molar-refractivity contribution >= 4 is 5.91 Å². The van der Waals surface area contributed by atoms with Crippen LogP contribution in [0.5, 0.6) is 0 Å². The molecule has 0 saturated carbocycles. The van der Waals surface area contributed by atoms with E-state index in [1.165, 1.54) is 212 Å². The highest BCUT2D eigenvalue weighted by Crippen LogP contribution is 2.23. The minimum atomic E-state index is -1.55. The molecular weight excluding hydrogens is 839 g/mol. The number of aliphatic hydroxyl groups is 5. The van der Waals surface area contributed by atoms with Gasteiger partial charge in [-0.2, -0.15) is 0 Å².